The van der Waals surface area contributed by atoms with Gasteiger partial charge in [0.2, 0.25) is 0 Å². The summed E-state index contributed by atoms with van der Waals surface area (Å²) in [6, 6.07) is 17.3. The molecule has 1 saturated heterocycles. The van der Waals surface area contributed by atoms with Gasteiger partial charge in [0, 0.05) is 11.1 Å². The summed E-state index contributed by atoms with van der Waals surface area (Å²) in [5, 5.41) is 1.90. The standard InChI is InChI=1S/C18H11NO2S/c20-17-16(22-18(21)19-17)12-15-8-4-7-14(11-15)10-9-13-5-2-1-3-6-13/h1-8,11-12H,(H,19,20,21)/b16-12-. The van der Waals surface area contributed by atoms with Gasteiger partial charge < -0.3 is 0 Å². The van der Waals surface area contributed by atoms with E-state index in [1.807, 2.05) is 54.6 Å². The van der Waals surface area contributed by atoms with Gasteiger partial charge >= 0.3 is 0 Å². The Bertz CT molecular complexity index is 829. The molecule has 0 aliphatic carbocycles. The van der Waals surface area contributed by atoms with E-state index in [1.54, 1.807) is 6.08 Å². The Balaban J connectivity index is 1.85. The molecule has 0 saturated carbocycles. The van der Waals surface area contributed by atoms with Crippen molar-refractivity contribution in [3.8, 4) is 11.8 Å². The number of carbonyl (C=O) groups excluding carboxylic acids is 2. The molecule has 0 atom stereocenters. The van der Waals surface area contributed by atoms with Crippen LogP contribution in [0.15, 0.2) is 59.5 Å². The lowest BCUT2D eigenvalue weighted by molar-refractivity contribution is -0.115. The van der Waals surface area contributed by atoms with Crippen molar-refractivity contribution in [2.24, 2.45) is 0 Å². The molecule has 22 heavy (non-hydrogen) atoms. The van der Waals surface area contributed by atoms with Crippen LogP contribution < -0.4 is 5.32 Å². The number of carbonyl (C=O) groups is 2. The lowest BCUT2D eigenvalue weighted by Crippen LogP contribution is -2.17. The molecule has 2 aromatic rings. The molecule has 0 unspecified atom stereocenters. The monoisotopic (exact) mass is 305 g/mol. The third kappa shape index (κ3) is 3.46. The Morgan fingerprint density at radius 2 is 1.64 bits per heavy atom. The van der Waals surface area contributed by atoms with Crippen molar-refractivity contribution in [2.45, 2.75) is 0 Å². The second kappa shape index (κ2) is 6.33. The maximum absolute atomic E-state index is 11.5. The van der Waals surface area contributed by atoms with Gasteiger partial charge in [0.1, 0.15) is 0 Å². The van der Waals surface area contributed by atoms with E-state index < -0.39 is 0 Å². The van der Waals surface area contributed by atoms with Gasteiger partial charge in [-0.1, -0.05) is 42.2 Å². The molecule has 1 aliphatic rings. The second-order valence-corrected chi connectivity index (χ2v) is 5.61. The SMILES string of the molecule is O=C1NC(=O)/C(=C/c2cccc(C#Cc3ccccc3)c2)S1. The molecule has 1 N–H and O–H groups in total. The number of hydrogen-bond donors (Lipinski definition) is 1. The van der Waals surface area contributed by atoms with E-state index in [4.69, 9.17) is 0 Å². The van der Waals surface area contributed by atoms with Crippen LogP contribution in [-0.2, 0) is 4.79 Å². The summed E-state index contributed by atoms with van der Waals surface area (Å²) < 4.78 is 0. The summed E-state index contributed by atoms with van der Waals surface area (Å²) in [6.45, 7) is 0. The molecule has 0 bridgehead atoms. The molecule has 1 fully saturated rings. The van der Waals surface area contributed by atoms with Crippen LogP contribution in [0.1, 0.15) is 16.7 Å². The first-order chi connectivity index (χ1) is 10.7. The van der Waals surface area contributed by atoms with E-state index in [1.165, 1.54) is 0 Å². The molecule has 3 nitrogen and oxygen atoms in total. The molecule has 0 spiro atoms. The number of hydrogen-bond acceptors (Lipinski definition) is 3. The normalized spacial score (nSPS) is 15.4. The van der Waals surface area contributed by atoms with E-state index in [9.17, 15) is 9.59 Å². The quantitative estimate of drug-likeness (QED) is 0.649. The molecule has 2 aromatic carbocycles. The van der Waals surface area contributed by atoms with Gasteiger partial charge in [-0.2, -0.15) is 0 Å². The van der Waals surface area contributed by atoms with Crippen molar-refractivity contribution in [3.63, 3.8) is 0 Å². The maximum atomic E-state index is 11.5. The van der Waals surface area contributed by atoms with Crippen LogP contribution in [0.25, 0.3) is 6.08 Å². The van der Waals surface area contributed by atoms with Crippen molar-refractivity contribution in [2.75, 3.05) is 0 Å². The first-order valence-corrected chi connectivity index (χ1v) is 7.44. The minimum atomic E-state index is -0.351. The predicted octanol–water partition coefficient (Wildman–Crippen LogP) is 3.41. The van der Waals surface area contributed by atoms with Crippen molar-refractivity contribution < 1.29 is 9.59 Å². The molecule has 0 radical (unpaired) electrons. The van der Waals surface area contributed by atoms with E-state index in [0.29, 0.717) is 4.91 Å². The number of nitrogens with one attached hydrogen (secondary N) is 1. The summed E-state index contributed by atoms with van der Waals surface area (Å²) in [4.78, 5) is 23.1. The van der Waals surface area contributed by atoms with Gasteiger partial charge in [0.15, 0.2) is 0 Å². The zero-order chi connectivity index (χ0) is 15.4. The van der Waals surface area contributed by atoms with Gasteiger partial charge in [-0.15, -0.1) is 0 Å². The van der Waals surface area contributed by atoms with E-state index >= 15 is 0 Å². The zero-order valence-electron chi connectivity index (χ0n) is 11.5. The first-order valence-electron chi connectivity index (χ1n) is 6.63. The average molecular weight is 305 g/mol. The van der Waals surface area contributed by atoms with Crippen LogP contribution >= 0.6 is 11.8 Å². The van der Waals surface area contributed by atoms with Crippen LogP contribution in [0.4, 0.5) is 4.79 Å². The highest BCUT2D eigenvalue weighted by Gasteiger charge is 2.24. The van der Waals surface area contributed by atoms with Gasteiger partial charge in [0.05, 0.1) is 4.91 Å². The summed E-state index contributed by atoms with van der Waals surface area (Å²) in [5.41, 5.74) is 2.64. The number of thioether (sulfide) groups is 1. The molecule has 106 valence electrons. The minimum Gasteiger partial charge on any atom is -0.282 e. The highest BCUT2D eigenvalue weighted by molar-refractivity contribution is 8.18. The Morgan fingerprint density at radius 1 is 0.909 bits per heavy atom. The van der Waals surface area contributed by atoms with Gasteiger partial charge in [-0.05, 0) is 47.7 Å². The van der Waals surface area contributed by atoms with Gasteiger partial charge in [0.25, 0.3) is 11.1 Å². The lowest BCUT2D eigenvalue weighted by atomic mass is 10.1. The van der Waals surface area contributed by atoms with Gasteiger partial charge in [-0.3, -0.25) is 14.9 Å². The molecule has 4 heteroatoms. The molecular weight excluding hydrogens is 294 g/mol. The minimum absolute atomic E-state index is 0.337. The molecule has 0 aromatic heterocycles. The van der Waals surface area contributed by atoms with E-state index in [2.05, 4.69) is 17.2 Å². The summed E-state index contributed by atoms with van der Waals surface area (Å²) in [5.74, 6) is 5.83. The number of rotatable bonds is 1. The Kier molecular flexibility index (Phi) is 4.08. The number of amides is 2. The lowest BCUT2D eigenvalue weighted by Gasteiger charge is -1.96. The molecule has 2 amide bonds. The molecule has 1 aliphatic heterocycles. The zero-order valence-corrected chi connectivity index (χ0v) is 12.3. The summed E-state index contributed by atoms with van der Waals surface area (Å²) in [6.07, 6.45) is 1.69. The summed E-state index contributed by atoms with van der Waals surface area (Å²) in [7, 11) is 0. The fraction of sp³-hybridized carbons (Fsp3) is 0. The topological polar surface area (TPSA) is 46.2 Å². The van der Waals surface area contributed by atoms with Crippen molar-refractivity contribution in [1.82, 2.24) is 5.32 Å². The third-order valence-electron chi connectivity index (χ3n) is 2.95. The van der Waals surface area contributed by atoms with Crippen molar-refractivity contribution in [1.29, 1.82) is 0 Å². The highest BCUT2D eigenvalue weighted by atomic mass is 32.2. The van der Waals surface area contributed by atoms with Crippen molar-refractivity contribution >= 4 is 29.0 Å². The maximum Gasteiger partial charge on any atom is 0.290 e. The molecular formula is C18H11NO2S. The van der Waals surface area contributed by atoms with Crippen LogP contribution in [0.2, 0.25) is 0 Å². The van der Waals surface area contributed by atoms with Crippen LogP contribution in [0, 0.1) is 11.8 Å². The molecule has 3 rings (SSSR count). The van der Waals surface area contributed by atoms with E-state index in [-0.39, 0.29) is 11.1 Å². The first kappa shape index (κ1) is 14.2. The number of imide groups is 1. The highest BCUT2D eigenvalue weighted by Crippen LogP contribution is 2.25. The Morgan fingerprint density at radius 3 is 2.36 bits per heavy atom. The predicted molar refractivity (Wildman–Crippen MR) is 88.0 cm³/mol. The smallest absolute Gasteiger partial charge is 0.282 e. The van der Waals surface area contributed by atoms with Gasteiger partial charge in [-0.25, -0.2) is 0 Å². The summed E-state index contributed by atoms with van der Waals surface area (Å²) >= 11 is 0.910. The fourth-order valence-electron chi connectivity index (χ4n) is 1.94. The fourth-order valence-corrected chi connectivity index (χ4v) is 2.63. The number of benzene rings is 2. The van der Waals surface area contributed by atoms with E-state index in [0.717, 1.165) is 28.5 Å². The van der Waals surface area contributed by atoms with Crippen LogP contribution in [0.5, 0.6) is 0 Å². The average Bonchev–Trinajstić information content (AvgIpc) is 2.84. The Hall–Kier alpha value is -2.77. The molecule has 1 heterocycles. The van der Waals surface area contributed by atoms with Crippen LogP contribution in [0.3, 0.4) is 0 Å². The van der Waals surface area contributed by atoms with Crippen molar-refractivity contribution in [3.05, 3.63) is 76.2 Å². The third-order valence-corrected chi connectivity index (χ3v) is 3.76. The largest absolute Gasteiger partial charge is 0.290 e. The van der Waals surface area contributed by atoms with Crippen LogP contribution in [-0.4, -0.2) is 11.1 Å². The Labute approximate surface area is 132 Å². The second-order valence-electron chi connectivity index (χ2n) is 4.59.